The number of carbonyl (C=O) groups is 1. The van der Waals surface area contributed by atoms with Crippen molar-refractivity contribution in [1.29, 1.82) is 0 Å². The Balaban J connectivity index is 2.57. The fourth-order valence-corrected chi connectivity index (χ4v) is 1.46. The Labute approximate surface area is 106 Å². The maximum atomic E-state index is 12.7. The molecule has 0 saturated heterocycles. The van der Waals surface area contributed by atoms with Gasteiger partial charge in [0.05, 0.1) is 6.61 Å². The van der Waals surface area contributed by atoms with Gasteiger partial charge in [-0.2, -0.15) is 0 Å². The molecule has 18 heavy (non-hydrogen) atoms. The lowest BCUT2D eigenvalue weighted by molar-refractivity contribution is -0.0479. The van der Waals surface area contributed by atoms with E-state index in [0.717, 1.165) is 0 Å². The van der Waals surface area contributed by atoms with Crippen LogP contribution in [0.1, 0.15) is 17.3 Å². The van der Waals surface area contributed by atoms with Crippen molar-refractivity contribution < 1.29 is 18.7 Å². The smallest absolute Gasteiger partial charge is 0.251 e. The van der Waals surface area contributed by atoms with E-state index in [-0.39, 0.29) is 11.7 Å². The summed E-state index contributed by atoms with van der Waals surface area (Å²) in [7, 11) is 3.13. The van der Waals surface area contributed by atoms with Gasteiger partial charge in [-0.3, -0.25) is 4.79 Å². The van der Waals surface area contributed by atoms with Crippen LogP contribution in [0.2, 0.25) is 0 Å². The van der Waals surface area contributed by atoms with Gasteiger partial charge in [0.1, 0.15) is 11.4 Å². The van der Waals surface area contributed by atoms with Crippen LogP contribution >= 0.6 is 0 Å². The van der Waals surface area contributed by atoms with E-state index in [9.17, 15) is 9.18 Å². The summed E-state index contributed by atoms with van der Waals surface area (Å²) in [5.41, 5.74) is -0.169. The highest BCUT2D eigenvalue weighted by Gasteiger charge is 2.24. The number of hydrogen-bond acceptors (Lipinski definition) is 3. The first kappa shape index (κ1) is 14.6. The minimum Gasteiger partial charge on any atom is -0.382 e. The van der Waals surface area contributed by atoms with Crippen LogP contribution < -0.4 is 5.32 Å². The number of amides is 1. The summed E-state index contributed by atoms with van der Waals surface area (Å²) in [5, 5.41) is 2.73. The van der Waals surface area contributed by atoms with E-state index in [0.29, 0.717) is 18.7 Å². The van der Waals surface area contributed by atoms with Gasteiger partial charge in [-0.25, -0.2) is 4.39 Å². The fraction of sp³-hybridized carbons (Fsp3) is 0.462. The molecule has 0 saturated carbocycles. The SMILES string of the molecule is COC[C@](C)(CNC(=O)c1ccc(F)cc1)OC. The standard InChI is InChI=1S/C13H18FNO3/c1-13(18-3,9-17-2)8-15-12(16)10-4-6-11(14)7-5-10/h4-7H,8-9H2,1-3H3,(H,15,16)/t13-/m0/s1. The average molecular weight is 255 g/mol. The topological polar surface area (TPSA) is 47.6 Å². The number of ether oxygens (including phenoxy) is 2. The lowest BCUT2D eigenvalue weighted by atomic mass is 10.1. The molecule has 1 atom stereocenters. The maximum absolute atomic E-state index is 12.7. The van der Waals surface area contributed by atoms with Crippen LogP contribution in [0.15, 0.2) is 24.3 Å². The van der Waals surface area contributed by atoms with Crippen LogP contribution in [-0.2, 0) is 9.47 Å². The molecule has 1 amide bonds. The Bertz CT molecular complexity index is 394. The number of halogens is 1. The number of methoxy groups -OCH3 is 2. The second-order valence-corrected chi connectivity index (χ2v) is 4.28. The highest BCUT2D eigenvalue weighted by Crippen LogP contribution is 2.09. The Hall–Kier alpha value is -1.46. The van der Waals surface area contributed by atoms with Crippen molar-refractivity contribution in [2.24, 2.45) is 0 Å². The molecule has 0 radical (unpaired) electrons. The molecule has 0 aliphatic carbocycles. The van der Waals surface area contributed by atoms with Crippen molar-refractivity contribution in [2.45, 2.75) is 12.5 Å². The van der Waals surface area contributed by atoms with Crippen LogP contribution in [0, 0.1) is 5.82 Å². The van der Waals surface area contributed by atoms with E-state index in [4.69, 9.17) is 9.47 Å². The first-order valence-electron chi connectivity index (χ1n) is 5.58. The molecule has 0 aliphatic heterocycles. The van der Waals surface area contributed by atoms with Crippen molar-refractivity contribution >= 4 is 5.91 Å². The zero-order valence-corrected chi connectivity index (χ0v) is 10.8. The molecule has 4 nitrogen and oxygen atoms in total. The maximum Gasteiger partial charge on any atom is 0.251 e. The van der Waals surface area contributed by atoms with Crippen LogP contribution in [0.25, 0.3) is 0 Å². The predicted octanol–water partition coefficient (Wildman–Crippen LogP) is 1.61. The molecule has 1 N–H and O–H groups in total. The summed E-state index contributed by atoms with van der Waals surface area (Å²) in [6.45, 7) is 2.52. The van der Waals surface area contributed by atoms with E-state index in [2.05, 4.69) is 5.32 Å². The molecule has 5 heteroatoms. The molecule has 0 unspecified atom stereocenters. The fourth-order valence-electron chi connectivity index (χ4n) is 1.46. The number of rotatable bonds is 6. The largest absolute Gasteiger partial charge is 0.382 e. The van der Waals surface area contributed by atoms with E-state index >= 15 is 0 Å². The summed E-state index contributed by atoms with van der Waals surface area (Å²) < 4.78 is 23.0. The number of carbonyl (C=O) groups excluding carboxylic acids is 1. The lowest BCUT2D eigenvalue weighted by Gasteiger charge is -2.27. The van der Waals surface area contributed by atoms with Crippen molar-refractivity contribution in [2.75, 3.05) is 27.4 Å². The molecular formula is C13H18FNO3. The molecule has 1 aromatic carbocycles. The summed E-state index contributed by atoms with van der Waals surface area (Å²) in [4.78, 5) is 11.8. The molecule has 1 aromatic rings. The van der Waals surface area contributed by atoms with Gasteiger partial charge in [0.15, 0.2) is 0 Å². The molecule has 0 aliphatic rings. The second kappa shape index (κ2) is 6.47. The highest BCUT2D eigenvalue weighted by atomic mass is 19.1. The number of benzene rings is 1. The van der Waals surface area contributed by atoms with Gasteiger partial charge in [-0.1, -0.05) is 0 Å². The molecule has 0 fully saturated rings. The zero-order chi connectivity index (χ0) is 13.6. The Kier molecular flexibility index (Phi) is 5.25. The molecule has 0 aromatic heterocycles. The van der Waals surface area contributed by atoms with Crippen molar-refractivity contribution in [1.82, 2.24) is 5.32 Å². The van der Waals surface area contributed by atoms with Crippen LogP contribution in [-0.4, -0.2) is 38.9 Å². The normalized spacial score (nSPS) is 14.0. The van der Waals surface area contributed by atoms with Crippen molar-refractivity contribution in [3.05, 3.63) is 35.6 Å². The first-order valence-corrected chi connectivity index (χ1v) is 5.58. The zero-order valence-electron chi connectivity index (χ0n) is 10.8. The van der Waals surface area contributed by atoms with Crippen LogP contribution in [0.5, 0.6) is 0 Å². The second-order valence-electron chi connectivity index (χ2n) is 4.28. The monoisotopic (exact) mass is 255 g/mol. The summed E-state index contributed by atoms with van der Waals surface area (Å²) in [6, 6.07) is 5.37. The van der Waals surface area contributed by atoms with Crippen molar-refractivity contribution in [3.8, 4) is 0 Å². The van der Waals surface area contributed by atoms with Crippen molar-refractivity contribution in [3.63, 3.8) is 0 Å². The van der Waals surface area contributed by atoms with Crippen LogP contribution in [0.3, 0.4) is 0 Å². The highest BCUT2D eigenvalue weighted by molar-refractivity contribution is 5.94. The summed E-state index contributed by atoms with van der Waals surface area (Å²) in [5.74, 6) is -0.637. The number of nitrogens with one attached hydrogen (secondary N) is 1. The molecule has 1 rings (SSSR count). The minimum atomic E-state index is -0.579. The lowest BCUT2D eigenvalue weighted by Crippen LogP contribution is -2.45. The van der Waals surface area contributed by atoms with Gasteiger partial charge in [0.2, 0.25) is 0 Å². The van der Waals surface area contributed by atoms with Gasteiger partial charge in [-0.15, -0.1) is 0 Å². The molecule has 0 bridgehead atoms. The summed E-state index contributed by atoms with van der Waals surface area (Å²) >= 11 is 0. The van der Waals surface area contributed by atoms with E-state index in [1.165, 1.54) is 24.3 Å². The minimum absolute atomic E-state index is 0.269. The Morgan fingerprint density at radius 2 is 1.94 bits per heavy atom. The van der Waals surface area contributed by atoms with Gasteiger partial charge in [0.25, 0.3) is 5.91 Å². The third-order valence-corrected chi connectivity index (χ3v) is 2.67. The Morgan fingerprint density at radius 1 is 1.33 bits per heavy atom. The molecule has 0 spiro atoms. The van der Waals surface area contributed by atoms with Gasteiger partial charge in [-0.05, 0) is 31.2 Å². The summed E-state index contributed by atoms with van der Waals surface area (Å²) in [6.07, 6.45) is 0. The molecular weight excluding hydrogens is 237 g/mol. The third-order valence-electron chi connectivity index (χ3n) is 2.67. The first-order chi connectivity index (χ1) is 8.50. The van der Waals surface area contributed by atoms with Gasteiger partial charge in [0, 0.05) is 26.3 Å². The quantitative estimate of drug-likeness (QED) is 0.840. The predicted molar refractivity (Wildman–Crippen MR) is 66.0 cm³/mol. The molecule has 100 valence electrons. The third kappa shape index (κ3) is 4.09. The molecule has 0 heterocycles. The van der Waals surface area contributed by atoms with E-state index in [1.807, 2.05) is 6.92 Å². The van der Waals surface area contributed by atoms with E-state index in [1.54, 1.807) is 14.2 Å². The Morgan fingerprint density at radius 3 is 2.44 bits per heavy atom. The number of hydrogen-bond donors (Lipinski definition) is 1. The van der Waals surface area contributed by atoms with Gasteiger partial charge >= 0.3 is 0 Å². The van der Waals surface area contributed by atoms with E-state index < -0.39 is 5.60 Å². The van der Waals surface area contributed by atoms with Gasteiger partial charge < -0.3 is 14.8 Å². The van der Waals surface area contributed by atoms with Crippen LogP contribution in [0.4, 0.5) is 4.39 Å². The average Bonchev–Trinajstić information content (AvgIpc) is 2.37.